The van der Waals surface area contributed by atoms with Crippen LogP contribution >= 0.6 is 0 Å². The molecular formula is C25H38O3. The minimum atomic E-state index is -0.304. The molecule has 0 amide bonds. The molecule has 0 aromatic carbocycles. The van der Waals surface area contributed by atoms with Gasteiger partial charge in [-0.25, -0.2) is 4.79 Å². The predicted octanol–water partition coefficient (Wildman–Crippen LogP) is 5.44. The summed E-state index contributed by atoms with van der Waals surface area (Å²) < 4.78 is 5.57. The van der Waals surface area contributed by atoms with Gasteiger partial charge in [0.15, 0.2) is 0 Å². The zero-order valence-corrected chi connectivity index (χ0v) is 18.2. The highest BCUT2D eigenvalue weighted by atomic mass is 16.5. The minimum Gasteiger partial charge on any atom is -0.455 e. The Labute approximate surface area is 170 Å². The largest absolute Gasteiger partial charge is 0.455 e. The Hall–Kier alpha value is -1.09. The fourth-order valence-corrected chi connectivity index (χ4v) is 8.22. The molecule has 4 rings (SSSR count). The van der Waals surface area contributed by atoms with Crippen LogP contribution < -0.4 is 0 Å². The summed E-state index contributed by atoms with van der Waals surface area (Å²) in [4.78, 5) is 11.8. The monoisotopic (exact) mass is 386 g/mol. The van der Waals surface area contributed by atoms with Gasteiger partial charge in [0.1, 0.15) is 6.10 Å². The molecule has 3 heteroatoms. The van der Waals surface area contributed by atoms with E-state index >= 15 is 0 Å². The van der Waals surface area contributed by atoms with E-state index in [0.717, 1.165) is 24.3 Å². The lowest BCUT2D eigenvalue weighted by Gasteiger charge is -2.66. The molecule has 1 aliphatic heterocycles. The quantitative estimate of drug-likeness (QED) is 0.519. The standard InChI is InChI=1S/C25H38O3/c1-16-7-8-21-24(4,18(16)14-19-17(15-26)13-22(27)28-19)12-9-20-23(2,3)10-6-11-25(20,21)5/h13,18-21,26H,1,6-12,14-15H2,2-5H3. The molecule has 0 saturated heterocycles. The molecule has 0 aromatic heterocycles. The van der Waals surface area contributed by atoms with Crippen molar-refractivity contribution in [1.29, 1.82) is 0 Å². The number of rotatable bonds is 3. The molecule has 3 fully saturated rings. The van der Waals surface area contributed by atoms with Crippen molar-refractivity contribution in [2.24, 2.45) is 34.0 Å². The van der Waals surface area contributed by atoms with Crippen LogP contribution in [0.3, 0.4) is 0 Å². The lowest BCUT2D eigenvalue weighted by molar-refractivity contribution is -0.159. The first-order chi connectivity index (χ1) is 13.1. The molecule has 6 atom stereocenters. The van der Waals surface area contributed by atoms with Crippen LogP contribution in [0.1, 0.15) is 79.1 Å². The number of ether oxygens (including phenoxy) is 1. The van der Waals surface area contributed by atoms with Crippen LogP contribution in [0.2, 0.25) is 0 Å². The van der Waals surface area contributed by atoms with Gasteiger partial charge in [-0.1, -0.05) is 46.3 Å². The predicted molar refractivity (Wildman–Crippen MR) is 112 cm³/mol. The lowest BCUT2D eigenvalue weighted by atomic mass is 9.39. The van der Waals surface area contributed by atoms with Gasteiger partial charge >= 0.3 is 5.97 Å². The summed E-state index contributed by atoms with van der Waals surface area (Å²) in [5, 5.41) is 9.68. The van der Waals surface area contributed by atoms with E-state index in [-0.39, 0.29) is 24.1 Å². The third-order valence-electron chi connectivity index (χ3n) is 9.49. The SMILES string of the molecule is C=C1CCC2C(C)(CCC3C(C)(C)CCCC32C)C1CC1OC(=O)C=C1CO. The normalized spacial score (nSPS) is 45.1. The summed E-state index contributed by atoms with van der Waals surface area (Å²) in [7, 11) is 0. The summed E-state index contributed by atoms with van der Waals surface area (Å²) in [6.45, 7) is 14.4. The van der Waals surface area contributed by atoms with E-state index in [1.54, 1.807) is 0 Å². The second kappa shape index (κ2) is 6.72. The van der Waals surface area contributed by atoms with Crippen molar-refractivity contribution in [3.63, 3.8) is 0 Å². The van der Waals surface area contributed by atoms with Crippen LogP contribution in [0.25, 0.3) is 0 Å². The van der Waals surface area contributed by atoms with Gasteiger partial charge in [-0.3, -0.25) is 0 Å². The van der Waals surface area contributed by atoms with Crippen LogP contribution in [0.5, 0.6) is 0 Å². The maximum Gasteiger partial charge on any atom is 0.331 e. The van der Waals surface area contributed by atoms with Gasteiger partial charge in [-0.05, 0) is 78.9 Å². The van der Waals surface area contributed by atoms with Crippen molar-refractivity contribution in [1.82, 2.24) is 0 Å². The number of hydrogen-bond donors (Lipinski definition) is 1. The van der Waals surface area contributed by atoms with Crippen LogP contribution in [0, 0.1) is 34.0 Å². The third kappa shape index (κ3) is 2.91. The molecule has 0 radical (unpaired) electrons. The molecule has 0 aromatic rings. The highest BCUT2D eigenvalue weighted by Crippen LogP contribution is 2.69. The zero-order chi connectivity index (χ0) is 20.3. The lowest BCUT2D eigenvalue weighted by Crippen LogP contribution is -2.58. The minimum absolute atomic E-state index is 0.0935. The first-order valence-electron chi connectivity index (χ1n) is 11.3. The molecule has 0 spiro atoms. The summed E-state index contributed by atoms with van der Waals surface area (Å²) >= 11 is 0. The third-order valence-corrected chi connectivity index (χ3v) is 9.49. The number of carbonyl (C=O) groups is 1. The van der Waals surface area contributed by atoms with Gasteiger partial charge in [0.2, 0.25) is 0 Å². The molecule has 3 nitrogen and oxygen atoms in total. The molecule has 156 valence electrons. The first-order valence-corrected chi connectivity index (χ1v) is 11.3. The average Bonchev–Trinajstić information content (AvgIpc) is 2.96. The Kier molecular flexibility index (Phi) is 4.85. The van der Waals surface area contributed by atoms with Crippen LogP contribution in [0.15, 0.2) is 23.8 Å². The average molecular weight is 387 g/mol. The van der Waals surface area contributed by atoms with E-state index in [9.17, 15) is 9.90 Å². The van der Waals surface area contributed by atoms with Gasteiger partial charge in [-0.2, -0.15) is 0 Å². The molecule has 6 unspecified atom stereocenters. The van der Waals surface area contributed by atoms with Crippen LogP contribution in [0.4, 0.5) is 0 Å². The van der Waals surface area contributed by atoms with Crippen molar-refractivity contribution < 1.29 is 14.6 Å². The first kappa shape index (κ1) is 20.2. The Morgan fingerprint density at radius 3 is 2.57 bits per heavy atom. The fraction of sp³-hybridized carbons (Fsp3) is 0.800. The number of esters is 1. The molecular weight excluding hydrogens is 348 g/mol. The number of aliphatic hydroxyl groups is 1. The number of cyclic esters (lactones) is 1. The van der Waals surface area contributed by atoms with Gasteiger partial charge in [-0.15, -0.1) is 0 Å². The summed E-state index contributed by atoms with van der Waals surface area (Å²) in [5.74, 6) is 1.56. The van der Waals surface area contributed by atoms with Gasteiger partial charge in [0.05, 0.1) is 6.61 Å². The zero-order valence-electron chi connectivity index (χ0n) is 18.2. The highest BCUT2D eigenvalue weighted by Gasteiger charge is 2.61. The van der Waals surface area contributed by atoms with E-state index < -0.39 is 0 Å². The topological polar surface area (TPSA) is 46.5 Å². The maximum absolute atomic E-state index is 11.8. The second-order valence-corrected chi connectivity index (χ2v) is 11.3. The van der Waals surface area contributed by atoms with E-state index in [1.807, 2.05) is 0 Å². The van der Waals surface area contributed by atoms with Gasteiger partial charge in [0.25, 0.3) is 0 Å². The van der Waals surface area contributed by atoms with Crippen molar-refractivity contribution in [3.05, 3.63) is 23.8 Å². The molecule has 28 heavy (non-hydrogen) atoms. The van der Waals surface area contributed by atoms with E-state index in [2.05, 4.69) is 34.3 Å². The maximum atomic E-state index is 11.8. The Morgan fingerprint density at radius 1 is 1.11 bits per heavy atom. The molecule has 4 aliphatic rings. The summed E-state index contributed by atoms with van der Waals surface area (Å²) in [6, 6.07) is 0. The van der Waals surface area contributed by atoms with Crippen molar-refractivity contribution in [2.75, 3.05) is 6.61 Å². The number of allylic oxidation sites excluding steroid dienone is 1. The Balaban J connectivity index is 1.64. The number of carbonyl (C=O) groups excluding carboxylic acids is 1. The molecule has 1 heterocycles. The molecule has 0 bridgehead atoms. The number of aliphatic hydroxyl groups excluding tert-OH is 1. The van der Waals surface area contributed by atoms with Gasteiger partial charge in [0, 0.05) is 11.6 Å². The summed E-state index contributed by atoms with van der Waals surface area (Å²) in [6.07, 6.45) is 10.9. The van der Waals surface area contributed by atoms with Crippen LogP contribution in [-0.2, 0) is 9.53 Å². The number of fused-ring (bicyclic) bond motifs is 3. The number of hydrogen-bond acceptors (Lipinski definition) is 3. The highest BCUT2D eigenvalue weighted by molar-refractivity contribution is 5.85. The molecule has 3 saturated carbocycles. The Bertz CT molecular complexity index is 705. The van der Waals surface area contributed by atoms with Crippen LogP contribution in [-0.4, -0.2) is 23.8 Å². The Morgan fingerprint density at radius 2 is 1.86 bits per heavy atom. The van der Waals surface area contributed by atoms with E-state index in [4.69, 9.17) is 4.74 Å². The fourth-order valence-electron chi connectivity index (χ4n) is 8.22. The molecule has 3 aliphatic carbocycles. The van der Waals surface area contributed by atoms with Crippen molar-refractivity contribution >= 4 is 5.97 Å². The second-order valence-electron chi connectivity index (χ2n) is 11.3. The van der Waals surface area contributed by atoms with E-state index in [0.29, 0.717) is 22.7 Å². The smallest absolute Gasteiger partial charge is 0.331 e. The van der Waals surface area contributed by atoms with Crippen molar-refractivity contribution in [2.45, 2.75) is 85.2 Å². The van der Waals surface area contributed by atoms with Crippen molar-refractivity contribution in [3.8, 4) is 0 Å². The van der Waals surface area contributed by atoms with E-state index in [1.165, 1.54) is 50.2 Å². The van der Waals surface area contributed by atoms with Gasteiger partial charge < -0.3 is 9.84 Å². The molecule has 1 N–H and O–H groups in total. The summed E-state index contributed by atoms with van der Waals surface area (Å²) in [5.41, 5.74) is 3.11.